The highest BCUT2D eigenvalue weighted by molar-refractivity contribution is 6.32. The zero-order valence-corrected chi connectivity index (χ0v) is 15.7. The minimum Gasteiger partial charge on any atom is -0.493 e. The Labute approximate surface area is 159 Å². The average Bonchev–Trinajstić information content (AvgIpc) is 2.55. The number of benzene rings is 2. The molecule has 0 radical (unpaired) electrons. The number of halogens is 3. The molecule has 0 bridgehead atoms. The maximum atomic E-state index is 6.28. The lowest BCUT2D eigenvalue weighted by Gasteiger charge is -2.14. The van der Waals surface area contributed by atoms with E-state index in [0.717, 1.165) is 16.1 Å². The summed E-state index contributed by atoms with van der Waals surface area (Å²) in [7, 11) is 1.59. The Balaban J connectivity index is 0.00000288. The largest absolute Gasteiger partial charge is 0.493 e. The molecule has 0 spiro atoms. The molecule has 3 nitrogen and oxygen atoms in total. The fraction of sp³-hybridized carbons (Fsp3) is 0.222. The van der Waals surface area contributed by atoms with Crippen molar-refractivity contribution in [3.8, 4) is 11.5 Å². The lowest BCUT2D eigenvalue weighted by atomic mass is 10.2. The summed E-state index contributed by atoms with van der Waals surface area (Å²) in [4.78, 5) is 0. The smallest absolute Gasteiger partial charge is 0.180 e. The van der Waals surface area contributed by atoms with E-state index in [0.29, 0.717) is 36.2 Å². The number of hydrogen-bond donors (Lipinski definition) is 1. The van der Waals surface area contributed by atoms with E-state index >= 15 is 0 Å². The molecule has 0 aromatic heterocycles. The van der Waals surface area contributed by atoms with E-state index in [1.54, 1.807) is 13.2 Å². The van der Waals surface area contributed by atoms with E-state index in [4.69, 9.17) is 32.7 Å². The van der Waals surface area contributed by atoms with Crippen molar-refractivity contribution in [3.63, 3.8) is 0 Å². The summed E-state index contributed by atoms with van der Waals surface area (Å²) in [5.74, 6) is 1.14. The third kappa shape index (κ3) is 5.60. The fourth-order valence-electron chi connectivity index (χ4n) is 2.14. The Kier molecular flexibility index (Phi) is 9.01. The number of nitrogens with one attached hydrogen (secondary N) is 1. The Morgan fingerprint density at radius 3 is 2.54 bits per heavy atom. The quantitative estimate of drug-likeness (QED) is 0.624. The van der Waals surface area contributed by atoms with E-state index in [1.165, 1.54) is 0 Å². The molecular formula is C18H20Cl3NO2. The molecule has 24 heavy (non-hydrogen) atoms. The summed E-state index contributed by atoms with van der Waals surface area (Å²) < 4.78 is 10.9. The van der Waals surface area contributed by atoms with Gasteiger partial charge in [0.2, 0.25) is 0 Å². The van der Waals surface area contributed by atoms with E-state index in [9.17, 15) is 0 Å². The monoisotopic (exact) mass is 387 g/mol. The standard InChI is InChI=1S/C18H19Cl2NO2.ClH/c1-3-8-23-18-16(20)9-13(10-17(18)22-2)11-21-12-14-6-4-5-7-15(14)19;/h3-7,9-10,21H,1,8,11-12H2,2H3;1H. The van der Waals surface area contributed by atoms with Crippen LogP contribution in [0.15, 0.2) is 49.1 Å². The highest BCUT2D eigenvalue weighted by atomic mass is 35.5. The van der Waals surface area contributed by atoms with Gasteiger partial charge in [-0.1, -0.05) is 54.1 Å². The van der Waals surface area contributed by atoms with Crippen LogP contribution in [0, 0.1) is 0 Å². The van der Waals surface area contributed by atoms with Gasteiger partial charge < -0.3 is 14.8 Å². The van der Waals surface area contributed by atoms with Gasteiger partial charge in [-0.05, 0) is 29.3 Å². The first kappa shape index (κ1) is 20.7. The Bertz CT molecular complexity index is 677. The van der Waals surface area contributed by atoms with Crippen molar-refractivity contribution in [1.29, 1.82) is 0 Å². The molecule has 0 aliphatic heterocycles. The molecule has 130 valence electrons. The van der Waals surface area contributed by atoms with Gasteiger partial charge in [0.25, 0.3) is 0 Å². The Morgan fingerprint density at radius 1 is 1.12 bits per heavy atom. The van der Waals surface area contributed by atoms with Crippen molar-refractivity contribution in [2.75, 3.05) is 13.7 Å². The SMILES string of the molecule is C=CCOc1c(Cl)cc(CNCc2ccccc2Cl)cc1OC.Cl. The van der Waals surface area contributed by atoms with Crippen LogP contribution in [0.3, 0.4) is 0 Å². The summed E-state index contributed by atoms with van der Waals surface area (Å²) in [6.45, 7) is 5.32. The molecule has 0 saturated heterocycles. The van der Waals surface area contributed by atoms with E-state index in [-0.39, 0.29) is 12.4 Å². The molecule has 0 atom stereocenters. The summed E-state index contributed by atoms with van der Waals surface area (Å²) in [5.41, 5.74) is 2.06. The predicted molar refractivity (Wildman–Crippen MR) is 103 cm³/mol. The van der Waals surface area contributed by atoms with E-state index in [1.807, 2.05) is 36.4 Å². The Hall–Kier alpha value is -1.39. The molecule has 0 amide bonds. The van der Waals surface area contributed by atoms with Gasteiger partial charge in [0.1, 0.15) is 6.61 Å². The van der Waals surface area contributed by atoms with Gasteiger partial charge in [-0.15, -0.1) is 12.4 Å². The maximum Gasteiger partial charge on any atom is 0.180 e. The third-order valence-corrected chi connectivity index (χ3v) is 3.89. The third-order valence-electron chi connectivity index (χ3n) is 3.24. The summed E-state index contributed by atoms with van der Waals surface area (Å²) in [6, 6.07) is 11.5. The van der Waals surface area contributed by atoms with Gasteiger partial charge in [0.15, 0.2) is 11.5 Å². The van der Waals surface area contributed by atoms with Crippen LogP contribution in [-0.4, -0.2) is 13.7 Å². The average molecular weight is 389 g/mol. The summed E-state index contributed by atoms with van der Waals surface area (Å²) in [6.07, 6.45) is 1.66. The second kappa shape index (κ2) is 10.5. The highest BCUT2D eigenvalue weighted by Gasteiger charge is 2.11. The number of methoxy groups -OCH3 is 1. The number of ether oxygens (including phenoxy) is 2. The molecular weight excluding hydrogens is 369 g/mol. The highest BCUT2D eigenvalue weighted by Crippen LogP contribution is 2.36. The molecule has 2 rings (SSSR count). The lowest BCUT2D eigenvalue weighted by molar-refractivity contribution is 0.326. The molecule has 2 aromatic carbocycles. The first-order valence-corrected chi connectivity index (χ1v) is 7.95. The first-order chi connectivity index (χ1) is 11.2. The topological polar surface area (TPSA) is 30.5 Å². The predicted octanol–water partition coefficient (Wildman–Crippen LogP) is 5.28. The van der Waals surface area contributed by atoms with Crippen LogP contribution < -0.4 is 14.8 Å². The van der Waals surface area contributed by atoms with Crippen LogP contribution in [0.4, 0.5) is 0 Å². The molecule has 1 N–H and O–H groups in total. The van der Waals surface area contributed by atoms with Crippen LogP contribution >= 0.6 is 35.6 Å². The van der Waals surface area contributed by atoms with Crippen LogP contribution in [0.5, 0.6) is 11.5 Å². The molecule has 0 unspecified atom stereocenters. The zero-order chi connectivity index (χ0) is 16.7. The van der Waals surface area contributed by atoms with Crippen molar-refractivity contribution >= 4 is 35.6 Å². The van der Waals surface area contributed by atoms with Crippen molar-refractivity contribution in [1.82, 2.24) is 5.32 Å². The van der Waals surface area contributed by atoms with Crippen molar-refractivity contribution in [3.05, 3.63) is 70.2 Å². The molecule has 0 aliphatic rings. The Morgan fingerprint density at radius 2 is 1.88 bits per heavy atom. The summed E-state index contributed by atoms with van der Waals surface area (Å²) in [5, 5.41) is 4.61. The van der Waals surface area contributed by atoms with Crippen LogP contribution in [0.2, 0.25) is 10.0 Å². The maximum absolute atomic E-state index is 6.28. The molecule has 0 heterocycles. The first-order valence-electron chi connectivity index (χ1n) is 7.20. The second-order valence-corrected chi connectivity index (χ2v) is 5.72. The number of rotatable bonds is 8. The minimum absolute atomic E-state index is 0. The lowest BCUT2D eigenvalue weighted by Crippen LogP contribution is -2.13. The van der Waals surface area contributed by atoms with Gasteiger partial charge in [-0.25, -0.2) is 0 Å². The van der Waals surface area contributed by atoms with Gasteiger partial charge in [0.05, 0.1) is 12.1 Å². The molecule has 0 aliphatic carbocycles. The minimum atomic E-state index is 0. The van der Waals surface area contributed by atoms with Gasteiger partial charge in [-0.2, -0.15) is 0 Å². The van der Waals surface area contributed by atoms with Crippen LogP contribution in [0.25, 0.3) is 0 Å². The van der Waals surface area contributed by atoms with E-state index in [2.05, 4.69) is 11.9 Å². The molecule has 0 fully saturated rings. The van der Waals surface area contributed by atoms with Crippen molar-refractivity contribution in [2.24, 2.45) is 0 Å². The van der Waals surface area contributed by atoms with Crippen molar-refractivity contribution < 1.29 is 9.47 Å². The number of hydrogen-bond acceptors (Lipinski definition) is 3. The normalized spacial score (nSPS) is 9.96. The van der Waals surface area contributed by atoms with Crippen LogP contribution in [-0.2, 0) is 13.1 Å². The van der Waals surface area contributed by atoms with Gasteiger partial charge >= 0.3 is 0 Å². The van der Waals surface area contributed by atoms with E-state index < -0.39 is 0 Å². The molecule has 6 heteroatoms. The second-order valence-electron chi connectivity index (χ2n) is 4.90. The van der Waals surface area contributed by atoms with Crippen molar-refractivity contribution in [2.45, 2.75) is 13.1 Å². The van der Waals surface area contributed by atoms with Gasteiger partial charge in [0, 0.05) is 18.1 Å². The van der Waals surface area contributed by atoms with Gasteiger partial charge in [-0.3, -0.25) is 0 Å². The molecule has 0 saturated carbocycles. The fourth-order valence-corrected chi connectivity index (χ4v) is 2.63. The zero-order valence-electron chi connectivity index (χ0n) is 13.4. The molecule has 2 aromatic rings. The summed E-state index contributed by atoms with van der Waals surface area (Å²) >= 11 is 12.4. The van der Waals surface area contributed by atoms with Crippen LogP contribution in [0.1, 0.15) is 11.1 Å².